The zero-order valence-electron chi connectivity index (χ0n) is 19.6. The summed E-state index contributed by atoms with van der Waals surface area (Å²) >= 11 is 0. The lowest BCUT2D eigenvalue weighted by Crippen LogP contribution is -2.50. The van der Waals surface area contributed by atoms with Crippen LogP contribution in [0.3, 0.4) is 0 Å². The first-order valence-electron chi connectivity index (χ1n) is 11.3. The number of amides is 2. The highest BCUT2D eigenvalue weighted by Gasteiger charge is 2.47. The van der Waals surface area contributed by atoms with E-state index in [0.717, 1.165) is 35.4 Å². The number of Topliss-reactive ketones (excluding diaryl/α,β-unsaturated/α-hetero) is 1. The zero-order valence-corrected chi connectivity index (χ0v) is 20.4. The van der Waals surface area contributed by atoms with Crippen molar-refractivity contribution < 1.29 is 36.3 Å². The van der Waals surface area contributed by atoms with Crippen molar-refractivity contribution in [3.8, 4) is 6.07 Å². The molecule has 1 aliphatic heterocycles. The second-order valence-electron chi connectivity index (χ2n) is 8.76. The zero-order chi connectivity index (χ0) is 27.1. The Morgan fingerprint density at radius 1 is 1.14 bits per heavy atom. The molecule has 0 bridgehead atoms. The molecule has 37 heavy (non-hydrogen) atoms. The highest BCUT2D eigenvalue weighted by atomic mass is 32.2. The molecule has 0 radical (unpaired) electrons. The number of ketones is 1. The van der Waals surface area contributed by atoms with E-state index in [9.17, 15) is 41.5 Å². The Morgan fingerprint density at radius 3 is 2.49 bits per heavy atom. The maximum atomic E-state index is 13.9. The second kappa shape index (κ2) is 9.64. The van der Waals surface area contributed by atoms with E-state index in [1.807, 2.05) is 6.07 Å². The van der Waals surface area contributed by atoms with Crippen LogP contribution in [-0.2, 0) is 20.8 Å². The van der Waals surface area contributed by atoms with Gasteiger partial charge in [0.25, 0.3) is 0 Å². The lowest BCUT2D eigenvalue weighted by atomic mass is 9.92. The van der Waals surface area contributed by atoms with Gasteiger partial charge in [0.2, 0.25) is 0 Å². The number of aliphatic hydroxyl groups is 1. The van der Waals surface area contributed by atoms with Gasteiger partial charge in [0.05, 0.1) is 33.8 Å². The minimum absolute atomic E-state index is 0.0117. The summed E-state index contributed by atoms with van der Waals surface area (Å²) in [5.74, 6) is -0.373. The minimum atomic E-state index is -4.66. The van der Waals surface area contributed by atoms with Crippen LogP contribution >= 0.6 is 0 Å². The predicted octanol–water partition coefficient (Wildman–Crippen LogP) is 3.96. The number of halogens is 3. The van der Waals surface area contributed by atoms with Crippen LogP contribution in [0, 0.1) is 11.3 Å². The van der Waals surface area contributed by atoms with E-state index in [-0.39, 0.29) is 71.2 Å². The number of hydrogen-bond acceptors (Lipinski definition) is 6. The van der Waals surface area contributed by atoms with Crippen LogP contribution in [0.4, 0.5) is 23.7 Å². The van der Waals surface area contributed by atoms with Crippen LogP contribution in [0.2, 0.25) is 0 Å². The number of aliphatic hydroxyl groups excluding tert-OH is 1. The number of sulfone groups is 1. The number of allylic oxidation sites excluding steroid dienone is 1. The van der Waals surface area contributed by atoms with Crippen molar-refractivity contribution in [2.24, 2.45) is 0 Å². The average Bonchev–Trinajstić information content (AvgIpc) is 3.21. The minimum Gasteiger partial charge on any atom is -0.396 e. The van der Waals surface area contributed by atoms with Gasteiger partial charge in [0.15, 0.2) is 15.6 Å². The fourth-order valence-electron chi connectivity index (χ4n) is 4.74. The first kappa shape index (κ1) is 26.4. The SMILES string of the molecule is CS(=O)(=O)c1cc(C#N)ccc1C1C2=C(CCC2=O)N(c2cccc(C(F)(F)F)c2)C(=O)N1CCCO. The molecule has 8 nitrogen and oxygen atoms in total. The Kier molecular flexibility index (Phi) is 6.87. The van der Waals surface area contributed by atoms with E-state index in [0.29, 0.717) is 0 Å². The monoisotopic (exact) mass is 533 g/mol. The third-order valence-electron chi connectivity index (χ3n) is 6.32. The number of nitrogens with zero attached hydrogens (tertiary/aromatic N) is 3. The summed E-state index contributed by atoms with van der Waals surface area (Å²) in [6.07, 6.45) is -3.59. The molecule has 0 aromatic heterocycles. The molecule has 12 heteroatoms. The van der Waals surface area contributed by atoms with Crippen molar-refractivity contribution >= 4 is 27.3 Å². The van der Waals surface area contributed by atoms with Gasteiger partial charge < -0.3 is 10.0 Å². The number of hydrogen-bond donors (Lipinski definition) is 1. The molecule has 1 heterocycles. The van der Waals surface area contributed by atoms with Gasteiger partial charge in [-0.3, -0.25) is 9.69 Å². The van der Waals surface area contributed by atoms with Gasteiger partial charge in [0, 0.05) is 37.1 Å². The molecular formula is C25H22F3N3O5S. The third-order valence-corrected chi connectivity index (χ3v) is 7.47. The van der Waals surface area contributed by atoms with Crippen molar-refractivity contribution in [3.63, 3.8) is 0 Å². The molecule has 0 saturated carbocycles. The average molecular weight is 534 g/mol. The van der Waals surface area contributed by atoms with Crippen LogP contribution in [-0.4, -0.2) is 49.6 Å². The van der Waals surface area contributed by atoms with Gasteiger partial charge in [0.1, 0.15) is 0 Å². The molecular weight excluding hydrogens is 511 g/mol. The predicted molar refractivity (Wildman–Crippen MR) is 126 cm³/mol. The van der Waals surface area contributed by atoms with E-state index >= 15 is 0 Å². The molecule has 2 aromatic carbocycles. The fraction of sp³-hybridized carbons (Fsp3) is 0.320. The third kappa shape index (κ3) is 4.84. The number of rotatable bonds is 6. The summed E-state index contributed by atoms with van der Waals surface area (Å²) in [6.45, 7) is -0.436. The molecule has 2 aliphatic rings. The summed E-state index contributed by atoms with van der Waals surface area (Å²) in [4.78, 5) is 29.0. The number of urea groups is 1. The molecule has 1 aliphatic carbocycles. The van der Waals surface area contributed by atoms with E-state index in [1.54, 1.807) is 0 Å². The standard InChI is InChI=1S/C25H22F3N3O5S/c1-37(35,36)21-12-15(14-29)6-7-18(21)23-22-19(8-9-20(22)33)31(24(34)30(23)10-3-11-32)17-5-2-4-16(13-17)25(26,27)28/h2,4-7,12-13,23,32H,3,8-11H2,1H3. The largest absolute Gasteiger partial charge is 0.416 e. The van der Waals surface area contributed by atoms with E-state index in [2.05, 4.69) is 0 Å². The fourth-order valence-corrected chi connectivity index (χ4v) is 5.69. The van der Waals surface area contributed by atoms with E-state index < -0.39 is 33.6 Å². The maximum Gasteiger partial charge on any atom is 0.416 e. The number of benzene rings is 2. The van der Waals surface area contributed by atoms with Crippen LogP contribution in [0.15, 0.2) is 58.6 Å². The van der Waals surface area contributed by atoms with Gasteiger partial charge >= 0.3 is 12.2 Å². The maximum absolute atomic E-state index is 13.9. The molecule has 1 unspecified atom stereocenters. The van der Waals surface area contributed by atoms with Crippen molar-refractivity contribution in [1.82, 2.24) is 4.90 Å². The van der Waals surface area contributed by atoms with Crippen molar-refractivity contribution in [2.45, 2.75) is 36.4 Å². The number of carbonyl (C=O) groups excluding carboxylic acids is 2. The molecule has 0 saturated heterocycles. The molecule has 0 spiro atoms. The van der Waals surface area contributed by atoms with Gasteiger partial charge in [-0.05, 0) is 48.7 Å². The lowest BCUT2D eigenvalue weighted by Gasteiger charge is -2.42. The van der Waals surface area contributed by atoms with E-state index in [1.165, 1.54) is 23.1 Å². The Labute approximate surface area is 211 Å². The van der Waals surface area contributed by atoms with Gasteiger partial charge in [-0.1, -0.05) is 12.1 Å². The first-order chi connectivity index (χ1) is 17.4. The Balaban J connectivity index is 1.99. The molecule has 4 rings (SSSR count). The van der Waals surface area contributed by atoms with Gasteiger partial charge in [-0.2, -0.15) is 18.4 Å². The quantitative estimate of drug-likeness (QED) is 0.601. The topological polar surface area (TPSA) is 119 Å². The van der Waals surface area contributed by atoms with Crippen molar-refractivity contribution in [3.05, 3.63) is 70.4 Å². The Hall–Kier alpha value is -3.69. The van der Waals surface area contributed by atoms with Crippen LogP contribution in [0.5, 0.6) is 0 Å². The smallest absolute Gasteiger partial charge is 0.396 e. The van der Waals surface area contributed by atoms with Crippen LogP contribution in [0.1, 0.15) is 42.0 Å². The van der Waals surface area contributed by atoms with Crippen molar-refractivity contribution in [2.75, 3.05) is 24.3 Å². The molecule has 0 fully saturated rings. The number of nitriles is 1. The summed E-state index contributed by atoms with van der Waals surface area (Å²) in [5.41, 5.74) is -0.602. The lowest BCUT2D eigenvalue weighted by molar-refractivity contribution is -0.137. The molecule has 2 aromatic rings. The second-order valence-corrected chi connectivity index (χ2v) is 10.7. The summed E-state index contributed by atoms with van der Waals surface area (Å²) < 4.78 is 65.6. The number of anilines is 1. The highest BCUT2D eigenvalue weighted by Crippen LogP contribution is 2.47. The van der Waals surface area contributed by atoms with Gasteiger partial charge in [-0.25, -0.2) is 13.2 Å². The van der Waals surface area contributed by atoms with E-state index in [4.69, 9.17) is 0 Å². The molecule has 194 valence electrons. The molecule has 1 N–H and O–H groups in total. The number of carbonyl (C=O) groups is 2. The van der Waals surface area contributed by atoms with Gasteiger partial charge in [-0.15, -0.1) is 0 Å². The molecule has 2 amide bonds. The summed E-state index contributed by atoms with van der Waals surface area (Å²) in [7, 11) is -3.92. The first-order valence-corrected chi connectivity index (χ1v) is 13.2. The van der Waals surface area contributed by atoms with Crippen molar-refractivity contribution in [1.29, 1.82) is 5.26 Å². The Morgan fingerprint density at radius 2 is 1.86 bits per heavy atom. The van der Waals surface area contributed by atoms with Crippen LogP contribution < -0.4 is 4.90 Å². The molecule has 1 atom stereocenters. The van der Waals surface area contributed by atoms with Crippen LogP contribution in [0.25, 0.3) is 0 Å². The Bertz CT molecular complexity index is 1460. The summed E-state index contributed by atoms with van der Waals surface area (Å²) in [5, 5.41) is 18.7. The highest BCUT2D eigenvalue weighted by molar-refractivity contribution is 7.90. The number of alkyl halides is 3. The summed E-state index contributed by atoms with van der Waals surface area (Å²) in [6, 6.07) is 8.04. The normalized spacial score (nSPS) is 18.3.